The molecule has 1 aliphatic rings. The summed E-state index contributed by atoms with van der Waals surface area (Å²) in [5.74, 6) is 0.0424. The molecule has 0 aromatic heterocycles. The van der Waals surface area contributed by atoms with Crippen LogP contribution in [0, 0.1) is 17.3 Å². The highest BCUT2D eigenvalue weighted by atomic mass is 16.4. The normalized spacial score (nSPS) is 21.7. The summed E-state index contributed by atoms with van der Waals surface area (Å²) in [5.41, 5.74) is -0.210. The van der Waals surface area contributed by atoms with Crippen LogP contribution < -0.4 is 5.32 Å². The summed E-state index contributed by atoms with van der Waals surface area (Å²) in [6.07, 6.45) is 7.62. The van der Waals surface area contributed by atoms with E-state index in [1.807, 2.05) is 20.8 Å². The minimum Gasteiger partial charge on any atom is -0.478 e. The average molecular weight is 351 g/mol. The Hall–Kier alpha value is -1.65. The minimum atomic E-state index is -1.04. The maximum atomic E-state index is 12.1. The summed E-state index contributed by atoms with van der Waals surface area (Å²) in [5, 5.41) is 11.9. The molecule has 2 N–H and O–H groups in total. The van der Waals surface area contributed by atoms with Crippen molar-refractivity contribution in [2.45, 2.75) is 72.6 Å². The van der Waals surface area contributed by atoms with Crippen LogP contribution in [0.1, 0.15) is 72.6 Å². The van der Waals surface area contributed by atoms with Crippen LogP contribution >= 0.6 is 0 Å². The van der Waals surface area contributed by atoms with E-state index in [0.29, 0.717) is 18.3 Å². The molecule has 0 spiro atoms. The van der Waals surface area contributed by atoms with Gasteiger partial charge in [0.2, 0.25) is 5.91 Å². The van der Waals surface area contributed by atoms with Gasteiger partial charge in [-0.05, 0) is 50.5 Å². The van der Waals surface area contributed by atoms with Crippen molar-refractivity contribution in [3.63, 3.8) is 0 Å². The SMILES string of the molecule is CCC(C)(C)C(=O)NCC1CCC(CCC(=O)/C=C(/C)C(=O)O)CC1. The third-order valence-electron chi connectivity index (χ3n) is 5.53. The molecule has 0 bridgehead atoms. The Bertz CT molecular complexity index is 514. The third-order valence-corrected chi connectivity index (χ3v) is 5.53. The fourth-order valence-corrected chi connectivity index (χ4v) is 3.08. The number of hydrogen-bond donors (Lipinski definition) is 2. The maximum absolute atomic E-state index is 12.1. The largest absolute Gasteiger partial charge is 0.478 e. The highest BCUT2D eigenvalue weighted by molar-refractivity contribution is 5.98. The van der Waals surface area contributed by atoms with Crippen LogP contribution in [0.15, 0.2) is 11.6 Å². The molecule has 1 saturated carbocycles. The lowest BCUT2D eigenvalue weighted by Crippen LogP contribution is -2.39. The molecule has 0 saturated heterocycles. The molecule has 1 fully saturated rings. The van der Waals surface area contributed by atoms with E-state index >= 15 is 0 Å². The standard InChI is InChI=1S/C20H33NO4/c1-5-20(3,4)19(25)21-13-16-8-6-15(7-9-16)10-11-17(22)12-14(2)18(23)24/h12,15-16H,5-11,13H2,1-4H3,(H,21,25)(H,23,24)/b14-12-. The van der Waals surface area contributed by atoms with Gasteiger partial charge in [0.1, 0.15) is 0 Å². The van der Waals surface area contributed by atoms with Crippen molar-refractivity contribution in [2.75, 3.05) is 6.54 Å². The molecule has 0 aliphatic heterocycles. The minimum absolute atomic E-state index is 0.0967. The van der Waals surface area contributed by atoms with Gasteiger partial charge in [-0.25, -0.2) is 4.79 Å². The summed E-state index contributed by atoms with van der Waals surface area (Å²) < 4.78 is 0. The van der Waals surface area contributed by atoms with Crippen LogP contribution in [0.3, 0.4) is 0 Å². The zero-order valence-electron chi connectivity index (χ0n) is 16.1. The second-order valence-corrected chi connectivity index (χ2v) is 7.97. The van der Waals surface area contributed by atoms with Gasteiger partial charge in [-0.1, -0.05) is 33.6 Å². The number of carboxylic acid groups (broad SMARTS) is 1. The lowest BCUT2D eigenvalue weighted by Gasteiger charge is -2.30. The molecule has 1 aliphatic carbocycles. The van der Waals surface area contributed by atoms with Crippen molar-refractivity contribution >= 4 is 17.7 Å². The Labute approximate surface area is 151 Å². The number of amides is 1. The van der Waals surface area contributed by atoms with Gasteiger partial charge in [-0.2, -0.15) is 0 Å². The van der Waals surface area contributed by atoms with Crippen LogP contribution in [0.25, 0.3) is 0 Å². The van der Waals surface area contributed by atoms with Gasteiger partial charge in [0.05, 0.1) is 0 Å². The predicted molar refractivity (Wildman–Crippen MR) is 98.2 cm³/mol. The van der Waals surface area contributed by atoms with Crippen molar-refractivity contribution in [3.8, 4) is 0 Å². The molecular formula is C20H33NO4. The molecule has 142 valence electrons. The number of rotatable bonds is 9. The number of hydrogen-bond acceptors (Lipinski definition) is 3. The molecule has 0 atom stereocenters. The first-order valence-corrected chi connectivity index (χ1v) is 9.38. The molecule has 25 heavy (non-hydrogen) atoms. The zero-order valence-corrected chi connectivity index (χ0v) is 16.1. The monoisotopic (exact) mass is 351 g/mol. The number of carbonyl (C=O) groups excluding carboxylic acids is 2. The highest BCUT2D eigenvalue weighted by Crippen LogP contribution is 2.31. The van der Waals surface area contributed by atoms with Crippen LogP contribution in [-0.2, 0) is 14.4 Å². The summed E-state index contributed by atoms with van der Waals surface area (Å²) in [4.78, 5) is 34.6. The van der Waals surface area contributed by atoms with Crippen LogP contribution in [0.5, 0.6) is 0 Å². The van der Waals surface area contributed by atoms with E-state index in [4.69, 9.17) is 5.11 Å². The van der Waals surface area contributed by atoms with Gasteiger partial charge in [-0.3, -0.25) is 9.59 Å². The van der Waals surface area contributed by atoms with Crippen molar-refractivity contribution < 1.29 is 19.5 Å². The fourth-order valence-electron chi connectivity index (χ4n) is 3.08. The van der Waals surface area contributed by atoms with Crippen LogP contribution in [0.2, 0.25) is 0 Å². The first-order chi connectivity index (χ1) is 11.7. The van der Waals surface area contributed by atoms with Gasteiger partial charge in [0.25, 0.3) is 0 Å². The Morgan fingerprint density at radius 1 is 1.12 bits per heavy atom. The van der Waals surface area contributed by atoms with Crippen molar-refractivity contribution in [3.05, 3.63) is 11.6 Å². The van der Waals surface area contributed by atoms with E-state index in [1.54, 1.807) is 0 Å². The second kappa shape index (κ2) is 9.73. The molecular weight excluding hydrogens is 318 g/mol. The lowest BCUT2D eigenvalue weighted by atomic mass is 9.79. The Morgan fingerprint density at radius 3 is 2.20 bits per heavy atom. The van der Waals surface area contributed by atoms with E-state index < -0.39 is 5.97 Å². The van der Waals surface area contributed by atoms with E-state index in [0.717, 1.165) is 45.1 Å². The molecule has 0 radical (unpaired) electrons. The summed E-state index contributed by atoms with van der Waals surface area (Å²) in [7, 11) is 0. The fraction of sp³-hybridized carbons (Fsp3) is 0.750. The maximum Gasteiger partial charge on any atom is 0.331 e. The lowest BCUT2D eigenvalue weighted by molar-refractivity contribution is -0.133. The van der Waals surface area contributed by atoms with E-state index in [2.05, 4.69) is 5.32 Å². The number of ketones is 1. The molecule has 0 heterocycles. The third kappa shape index (κ3) is 7.41. The van der Waals surface area contributed by atoms with Gasteiger partial charge in [0, 0.05) is 24.0 Å². The molecule has 5 heteroatoms. The Balaban J connectivity index is 2.28. The quantitative estimate of drug-likeness (QED) is 0.620. The number of carbonyl (C=O) groups is 3. The molecule has 0 unspecified atom stereocenters. The summed E-state index contributed by atoms with van der Waals surface area (Å²) in [6, 6.07) is 0. The van der Waals surface area contributed by atoms with E-state index in [9.17, 15) is 14.4 Å². The smallest absolute Gasteiger partial charge is 0.331 e. The first kappa shape index (κ1) is 21.4. The first-order valence-electron chi connectivity index (χ1n) is 9.38. The van der Waals surface area contributed by atoms with Crippen LogP contribution in [0.4, 0.5) is 0 Å². The predicted octanol–water partition coefficient (Wildman–Crippen LogP) is 3.73. The highest BCUT2D eigenvalue weighted by Gasteiger charge is 2.27. The van der Waals surface area contributed by atoms with Crippen molar-refractivity contribution in [2.24, 2.45) is 17.3 Å². The molecule has 0 aromatic carbocycles. The number of allylic oxidation sites excluding steroid dienone is 1. The Morgan fingerprint density at radius 2 is 1.68 bits per heavy atom. The number of aliphatic carboxylic acids is 1. The number of carboxylic acids is 1. The zero-order chi connectivity index (χ0) is 19.0. The molecule has 5 nitrogen and oxygen atoms in total. The van der Waals surface area contributed by atoms with Crippen LogP contribution in [-0.4, -0.2) is 29.3 Å². The second-order valence-electron chi connectivity index (χ2n) is 7.97. The van der Waals surface area contributed by atoms with E-state index in [1.165, 1.54) is 13.0 Å². The topological polar surface area (TPSA) is 83.5 Å². The molecule has 1 rings (SSSR count). The van der Waals surface area contributed by atoms with E-state index in [-0.39, 0.29) is 22.7 Å². The Kier molecular flexibility index (Phi) is 8.33. The number of nitrogens with one attached hydrogen (secondary N) is 1. The average Bonchev–Trinajstić information content (AvgIpc) is 2.58. The molecule has 1 amide bonds. The van der Waals surface area contributed by atoms with Gasteiger partial charge >= 0.3 is 5.97 Å². The van der Waals surface area contributed by atoms with Gasteiger partial charge < -0.3 is 10.4 Å². The van der Waals surface area contributed by atoms with Crippen molar-refractivity contribution in [1.82, 2.24) is 5.32 Å². The summed E-state index contributed by atoms with van der Waals surface area (Å²) >= 11 is 0. The van der Waals surface area contributed by atoms with Crippen molar-refractivity contribution in [1.29, 1.82) is 0 Å². The molecule has 0 aromatic rings. The summed E-state index contributed by atoms with van der Waals surface area (Å²) in [6.45, 7) is 8.15. The van der Waals surface area contributed by atoms with Gasteiger partial charge in [0.15, 0.2) is 5.78 Å². The van der Waals surface area contributed by atoms with Gasteiger partial charge in [-0.15, -0.1) is 0 Å².